The third-order valence-electron chi connectivity index (χ3n) is 2.69. The van der Waals surface area contributed by atoms with E-state index in [0.717, 1.165) is 17.8 Å². The first-order chi connectivity index (χ1) is 8.33. The molecule has 0 aliphatic carbocycles. The summed E-state index contributed by atoms with van der Waals surface area (Å²) < 4.78 is 20.0. The van der Waals surface area contributed by atoms with Crippen molar-refractivity contribution in [2.45, 2.75) is 6.35 Å². The smallest absolute Gasteiger partial charge is 0.206 e. The van der Waals surface area contributed by atoms with E-state index in [4.69, 9.17) is 4.74 Å². The van der Waals surface area contributed by atoms with Crippen LogP contribution in [0, 0.1) is 5.82 Å². The van der Waals surface area contributed by atoms with Gasteiger partial charge in [-0.1, -0.05) is 0 Å². The molecule has 1 unspecified atom stereocenters. The number of aromatic nitrogens is 2. The van der Waals surface area contributed by atoms with E-state index >= 15 is 0 Å². The number of ether oxygens (including phenoxy) is 1. The zero-order chi connectivity index (χ0) is 11.7. The fourth-order valence-corrected chi connectivity index (χ4v) is 1.83. The molecular formula is C12H12FN3O. The summed E-state index contributed by atoms with van der Waals surface area (Å²) in [6.07, 6.45) is 1.66. The first-order valence-electron chi connectivity index (χ1n) is 5.49. The molecule has 1 aromatic heterocycles. The van der Waals surface area contributed by atoms with Crippen LogP contribution < -0.4 is 5.32 Å². The Morgan fingerprint density at radius 3 is 2.82 bits per heavy atom. The second-order valence-corrected chi connectivity index (χ2v) is 3.87. The molecule has 0 saturated carbocycles. The molecule has 1 N–H and O–H groups in total. The second kappa shape index (κ2) is 4.27. The van der Waals surface area contributed by atoms with E-state index in [0.29, 0.717) is 6.61 Å². The summed E-state index contributed by atoms with van der Waals surface area (Å²) in [5, 5.41) is 7.56. The van der Waals surface area contributed by atoms with Crippen molar-refractivity contribution in [2.24, 2.45) is 0 Å². The van der Waals surface area contributed by atoms with Crippen molar-refractivity contribution in [3.8, 4) is 11.3 Å². The zero-order valence-corrected chi connectivity index (χ0v) is 9.14. The zero-order valence-electron chi connectivity index (χ0n) is 9.14. The third-order valence-corrected chi connectivity index (χ3v) is 2.69. The molecule has 1 fully saturated rings. The van der Waals surface area contributed by atoms with Crippen molar-refractivity contribution in [1.82, 2.24) is 15.1 Å². The van der Waals surface area contributed by atoms with Gasteiger partial charge in [-0.15, -0.1) is 0 Å². The summed E-state index contributed by atoms with van der Waals surface area (Å²) in [4.78, 5) is 0. The second-order valence-electron chi connectivity index (χ2n) is 3.87. The Morgan fingerprint density at radius 1 is 1.29 bits per heavy atom. The van der Waals surface area contributed by atoms with E-state index in [1.807, 2.05) is 12.3 Å². The van der Waals surface area contributed by atoms with Crippen LogP contribution in [0.4, 0.5) is 4.39 Å². The van der Waals surface area contributed by atoms with Crippen LogP contribution in [0.3, 0.4) is 0 Å². The molecule has 5 heteroatoms. The van der Waals surface area contributed by atoms with Crippen LogP contribution in [0.2, 0.25) is 0 Å². The van der Waals surface area contributed by atoms with Gasteiger partial charge in [0.05, 0.1) is 12.3 Å². The molecule has 0 spiro atoms. The molecule has 1 saturated heterocycles. The van der Waals surface area contributed by atoms with Gasteiger partial charge in [0.1, 0.15) is 5.82 Å². The molecule has 2 aromatic rings. The SMILES string of the molecule is Fc1ccc(-c2ccn(C3NCCO3)n2)cc1. The number of rotatable bonds is 2. The minimum atomic E-state index is -0.242. The predicted octanol–water partition coefficient (Wildman–Crippen LogP) is 1.77. The van der Waals surface area contributed by atoms with Crippen molar-refractivity contribution in [2.75, 3.05) is 13.2 Å². The molecule has 3 rings (SSSR count). The van der Waals surface area contributed by atoms with E-state index in [2.05, 4.69) is 10.4 Å². The monoisotopic (exact) mass is 233 g/mol. The van der Waals surface area contributed by atoms with Crippen LogP contribution in [0.1, 0.15) is 6.35 Å². The van der Waals surface area contributed by atoms with E-state index in [1.165, 1.54) is 12.1 Å². The largest absolute Gasteiger partial charge is 0.342 e. The fraction of sp³-hybridized carbons (Fsp3) is 0.250. The Kier molecular flexibility index (Phi) is 2.62. The van der Waals surface area contributed by atoms with Gasteiger partial charge in [0.25, 0.3) is 0 Å². The third kappa shape index (κ3) is 2.07. The number of hydrogen-bond acceptors (Lipinski definition) is 3. The van der Waals surface area contributed by atoms with Gasteiger partial charge in [0, 0.05) is 18.3 Å². The number of nitrogens with zero attached hydrogens (tertiary/aromatic N) is 2. The van der Waals surface area contributed by atoms with Crippen LogP contribution in [0.25, 0.3) is 11.3 Å². The molecule has 1 atom stereocenters. The van der Waals surface area contributed by atoms with Gasteiger partial charge in [-0.05, 0) is 30.3 Å². The molecule has 0 radical (unpaired) electrons. The molecule has 1 aromatic carbocycles. The first-order valence-corrected chi connectivity index (χ1v) is 5.49. The van der Waals surface area contributed by atoms with Crippen molar-refractivity contribution >= 4 is 0 Å². The lowest BCUT2D eigenvalue weighted by Gasteiger charge is -2.09. The Bertz CT molecular complexity index is 503. The molecule has 4 nitrogen and oxygen atoms in total. The number of halogens is 1. The molecule has 1 aliphatic rings. The molecule has 17 heavy (non-hydrogen) atoms. The molecule has 1 aliphatic heterocycles. The highest BCUT2D eigenvalue weighted by Gasteiger charge is 2.17. The summed E-state index contributed by atoms with van der Waals surface area (Å²) in [6, 6.07) is 8.17. The summed E-state index contributed by atoms with van der Waals surface area (Å²) in [7, 11) is 0. The molecule has 2 heterocycles. The number of hydrogen-bond donors (Lipinski definition) is 1. The maximum Gasteiger partial charge on any atom is 0.206 e. The summed E-state index contributed by atoms with van der Waals surface area (Å²) >= 11 is 0. The first kappa shape index (κ1) is 10.4. The molecular weight excluding hydrogens is 221 g/mol. The van der Waals surface area contributed by atoms with Crippen LogP contribution in [-0.4, -0.2) is 22.9 Å². The number of nitrogens with one attached hydrogen (secondary N) is 1. The maximum atomic E-state index is 12.8. The van der Waals surface area contributed by atoms with Crippen LogP contribution in [0.5, 0.6) is 0 Å². The van der Waals surface area contributed by atoms with Crippen molar-refractivity contribution in [3.05, 3.63) is 42.3 Å². The lowest BCUT2D eigenvalue weighted by Crippen LogP contribution is -2.21. The van der Waals surface area contributed by atoms with Crippen molar-refractivity contribution in [1.29, 1.82) is 0 Å². The van der Waals surface area contributed by atoms with Gasteiger partial charge in [-0.2, -0.15) is 5.10 Å². The van der Waals surface area contributed by atoms with Crippen molar-refractivity contribution < 1.29 is 9.13 Å². The predicted molar refractivity (Wildman–Crippen MR) is 60.6 cm³/mol. The lowest BCUT2D eigenvalue weighted by molar-refractivity contribution is 0.0345. The Hall–Kier alpha value is -1.72. The van der Waals surface area contributed by atoms with Crippen LogP contribution in [-0.2, 0) is 4.74 Å². The quantitative estimate of drug-likeness (QED) is 0.859. The topological polar surface area (TPSA) is 39.1 Å². The van der Waals surface area contributed by atoms with Gasteiger partial charge in [-0.25, -0.2) is 9.07 Å². The van der Waals surface area contributed by atoms with Crippen LogP contribution in [0.15, 0.2) is 36.5 Å². The minimum absolute atomic E-state index is 0.191. The Balaban J connectivity index is 1.86. The average Bonchev–Trinajstić information content (AvgIpc) is 3.00. The number of benzene rings is 1. The highest BCUT2D eigenvalue weighted by molar-refractivity contribution is 5.58. The summed E-state index contributed by atoms with van der Waals surface area (Å²) in [6.45, 7) is 1.52. The van der Waals surface area contributed by atoms with Gasteiger partial charge in [0.15, 0.2) is 0 Å². The van der Waals surface area contributed by atoms with Crippen LogP contribution >= 0.6 is 0 Å². The Morgan fingerprint density at radius 2 is 2.12 bits per heavy atom. The molecule has 0 amide bonds. The highest BCUT2D eigenvalue weighted by atomic mass is 19.1. The van der Waals surface area contributed by atoms with E-state index in [-0.39, 0.29) is 12.2 Å². The van der Waals surface area contributed by atoms with Gasteiger partial charge < -0.3 is 4.74 Å². The van der Waals surface area contributed by atoms with Gasteiger partial charge >= 0.3 is 0 Å². The molecule has 88 valence electrons. The molecule has 0 bridgehead atoms. The average molecular weight is 233 g/mol. The summed E-state index contributed by atoms with van der Waals surface area (Å²) in [5.74, 6) is -0.242. The fourth-order valence-electron chi connectivity index (χ4n) is 1.83. The normalized spacial score (nSPS) is 19.7. The minimum Gasteiger partial charge on any atom is -0.342 e. The van der Waals surface area contributed by atoms with Crippen molar-refractivity contribution in [3.63, 3.8) is 0 Å². The van der Waals surface area contributed by atoms with E-state index in [1.54, 1.807) is 16.8 Å². The van der Waals surface area contributed by atoms with E-state index < -0.39 is 0 Å². The summed E-state index contributed by atoms with van der Waals surface area (Å²) in [5.41, 5.74) is 1.70. The Labute approximate surface area is 98.0 Å². The maximum absolute atomic E-state index is 12.8. The standard InChI is InChI=1S/C12H12FN3O/c13-10-3-1-9(2-4-10)11-5-7-16(15-11)12-14-6-8-17-12/h1-5,7,12,14H,6,8H2. The van der Waals surface area contributed by atoms with E-state index in [9.17, 15) is 4.39 Å². The lowest BCUT2D eigenvalue weighted by atomic mass is 10.1. The van der Waals surface area contributed by atoms with Gasteiger partial charge in [0.2, 0.25) is 6.35 Å². The van der Waals surface area contributed by atoms with Gasteiger partial charge in [-0.3, -0.25) is 5.32 Å². The highest BCUT2D eigenvalue weighted by Crippen LogP contribution is 2.19.